The van der Waals surface area contributed by atoms with Crippen molar-refractivity contribution in [2.24, 2.45) is 0 Å². The topological polar surface area (TPSA) is 58.6 Å². The van der Waals surface area contributed by atoms with Crippen LogP contribution in [0.5, 0.6) is 0 Å². The average molecular weight is 302 g/mol. The lowest BCUT2D eigenvalue weighted by Crippen LogP contribution is -2.58. The summed E-state index contributed by atoms with van der Waals surface area (Å²) in [5.41, 5.74) is 2.38. The Labute approximate surface area is 130 Å². The van der Waals surface area contributed by atoms with Crippen LogP contribution in [-0.4, -0.2) is 49.1 Å². The molecule has 118 valence electrons. The number of morpholine rings is 1. The van der Waals surface area contributed by atoms with Gasteiger partial charge in [0.1, 0.15) is 0 Å². The van der Waals surface area contributed by atoms with E-state index in [1.54, 1.807) is 18.9 Å². The Hall–Kier alpha value is -1.88. The van der Waals surface area contributed by atoms with Gasteiger partial charge in [0, 0.05) is 19.2 Å². The Bertz CT molecular complexity index is 614. The van der Waals surface area contributed by atoms with E-state index in [4.69, 9.17) is 4.74 Å². The highest BCUT2D eigenvalue weighted by Crippen LogP contribution is 2.25. The smallest absolute Gasteiger partial charge is 0.254 e. The van der Waals surface area contributed by atoms with Crippen molar-refractivity contribution in [3.8, 4) is 0 Å². The Kier molecular flexibility index (Phi) is 3.91. The second kappa shape index (κ2) is 5.72. The third-order valence-corrected chi connectivity index (χ3v) is 4.61. The first-order valence-corrected chi connectivity index (χ1v) is 7.81. The van der Waals surface area contributed by atoms with Crippen LogP contribution in [0.15, 0.2) is 18.2 Å². The van der Waals surface area contributed by atoms with Crippen molar-refractivity contribution in [2.75, 3.05) is 26.7 Å². The maximum atomic E-state index is 12.7. The summed E-state index contributed by atoms with van der Waals surface area (Å²) in [4.78, 5) is 26.4. The molecule has 1 atom stereocenters. The van der Waals surface area contributed by atoms with Crippen molar-refractivity contribution in [2.45, 2.75) is 31.8 Å². The van der Waals surface area contributed by atoms with Crippen molar-refractivity contribution in [1.82, 2.24) is 10.2 Å². The van der Waals surface area contributed by atoms with Gasteiger partial charge in [-0.05, 0) is 49.4 Å². The average Bonchev–Trinajstić information content (AvgIpc) is 3.00. The van der Waals surface area contributed by atoms with Gasteiger partial charge in [-0.1, -0.05) is 6.07 Å². The maximum absolute atomic E-state index is 12.7. The van der Waals surface area contributed by atoms with Gasteiger partial charge in [-0.15, -0.1) is 0 Å². The molecule has 0 saturated carbocycles. The molecule has 5 nitrogen and oxygen atoms in total. The second-order valence-corrected chi connectivity index (χ2v) is 6.22. The van der Waals surface area contributed by atoms with Gasteiger partial charge in [0.05, 0.1) is 13.2 Å². The molecule has 0 radical (unpaired) electrons. The Morgan fingerprint density at radius 1 is 1.27 bits per heavy atom. The number of fused-ring (bicyclic) bond motifs is 1. The summed E-state index contributed by atoms with van der Waals surface area (Å²) < 4.78 is 5.60. The number of ether oxygens (including phenoxy) is 1. The Morgan fingerprint density at radius 3 is 2.82 bits per heavy atom. The van der Waals surface area contributed by atoms with Crippen molar-refractivity contribution >= 4 is 11.8 Å². The quantitative estimate of drug-likeness (QED) is 0.891. The first-order valence-electron chi connectivity index (χ1n) is 7.81. The van der Waals surface area contributed by atoms with Crippen molar-refractivity contribution in [1.29, 1.82) is 0 Å². The number of rotatable bonds is 2. The van der Waals surface area contributed by atoms with Crippen molar-refractivity contribution in [3.63, 3.8) is 0 Å². The van der Waals surface area contributed by atoms with Gasteiger partial charge in [0.2, 0.25) is 0 Å². The van der Waals surface area contributed by atoms with Crippen LogP contribution in [0.25, 0.3) is 0 Å². The van der Waals surface area contributed by atoms with Gasteiger partial charge < -0.3 is 15.0 Å². The van der Waals surface area contributed by atoms with Gasteiger partial charge in [-0.2, -0.15) is 0 Å². The second-order valence-electron chi connectivity index (χ2n) is 6.22. The summed E-state index contributed by atoms with van der Waals surface area (Å²) >= 11 is 0. The van der Waals surface area contributed by atoms with Crippen molar-refractivity contribution < 1.29 is 14.3 Å². The summed E-state index contributed by atoms with van der Waals surface area (Å²) in [7, 11) is 1.58. The monoisotopic (exact) mass is 302 g/mol. The van der Waals surface area contributed by atoms with E-state index in [-0.39, 0.29) is 18.4 Å². The van der Waals surface area contributed by atoms with E-state index in [1.807, 2.05) is 12.1 Å². The first kappa shape index (κ1) is 15.0. The van der Waals surface area contributed by atoms with Crippen LogP contribution in [-0.2, 0) is 22.4 Å². The van der Waals surface area contributed by atoms with E-state index in [2.05, 4.69) is 11.4 Å². The molecule has 22 heavy (non-hydrogen) atoms. The number of carbonyl (C=O) groups is 2. The van der Waals surface area contributed by atoms with Crippen LogP contribution in [0.2, 0.25) is 0 Å². The lowest BCUT2D eigenvalue weighted by atomic mass is 10.0. The molecule has 5 heteroatoms. The molecule has 1 saturated heterocycles. The normalized spacial score (nSPS) is 24.0. The van der Waals surface area contributed by atoms with Gasteiger partial charge in [-0.3, -0.25) is 9.59 Å². The third kappa shape index (κ3) is 2.61. The Morgan fingerprint density at radius 2 is 2.05 bits per heavy atom. The molecule has 1 unspecified atom stereocenters. The summed E-state index contributed by atoms with van der Waals surface area (Å²) in [5.74, 6) is -0.216. The molecule has 2 amide bonds. The number of carbonyl (C=O) groups excluding carboxylic acids is 2. The summed E-state index contributed by atoms with van der Waals surface area (Å²) in [5, 5.41) is 2.61. The summed E-state index contributed by atoms with van der Waals surface area (Å²) in [6.45, 7) is 2.90. The molecule has 1 N–H and O–H groups in total. The molecule has 1 fully saturated rings. The van der Waals surface area contributed by atoms with E-state index in [1.165, 1.54) is 17.5 Å². The summed E-state index contributed by atoms with van der Waals surface area (Å²) in [6.07, 6.45) is 3.32. The lowest BCUT2D eigenvalue weighted by molar-refractivity contribution is -0.153. The van der Waals surface area contributed by atoms with Gasteiger partial charge in [0.25, 0.3) is 11.8 Å². The number of amides is 2. The number of hydrogen-bond acceptors (Lipinski definition) is 3. The predicted molar refractivity (Wildman–Crippen MR) is 82.8 cm³/mol. The number of likely N-dealkylation sites (N-methyl/N-ethyl adjacent to an activating group) is 1. The molecule has 1 heterocycles. The molecule has 0 bridgehead atoms. The predicted octanol–water partition coefficient (Wildman–Crippen LogP) is 1.15. The molecule has 2 aliphatic rings. The van der Waals surface area contributed by atoms with Crippen LogP contribution in [0.4, 0.5) is 0 Å². The number of aryl methyl sites for hydroxylation is 2. The third-order valence-electron chi connectivity index (χ3n) is 4.61. The van der Waals surface area contributed by atoms with E-state index in [0.29, 0.717) is 18.7 Å². The van der Waals surface area contributed by atoms with Crippen LogP contribution in [0.1, 0.15) is 34.8 Å². The highest BCUT2D eigenvalue weighted by Gasteiger charge is 2.40. The lowest BCUT2D eigenvalue weighted by Gasteiger charge is -2.39. The molecule has 1 aliphatic carbocycles. The van der Waals surface area contributed by atoms with Crippen molar-refractivity contribution in [3.05, 3.63) is 34.9 Å². The van der Waals surface area contributed by atoms with Gasteiger partial charge >= 0.3 is 0 Å². The fourth-order valence-corrected chi connectivity index (χ4v) is 3.33. The highest BCUT2D eigenvalue weighted by molar-refractivity contribution is 5.95. The van der Waals surface area contributed by atoms with E-state index >= 15 is 0 Å². The van der Waals surface area contributed by atoms with Gasteiger partial charge in [0.15, 0.2) is 5.60 Å². The number of hydrogen-bond donors (Lipinski definition) is 1. The number of benzene rings is 1. The molecule has 1 aromatic carbocycles. The number of nitrogens with one attached hydrogen (secondary N) is 1. The number of nitrogens with zero attached hydrogens (tertiary/aromatic N) is 1. The minimum absolute atomic E-state index is 0.0203. The molecule has 1 aliphatic heterocycles. The molecule has 3 rings (SSSR count). The van der Waals surface area contributed by atoms with Crippen LogP contribution in [0.3, 0.4) is 0 Å². The molecular weight excluding hydrogens is 280 g/mol. The molecular formula is C17H22N2O3. The van der Waals surface area contributed by atoms with E-state index in [9.17, 15) is 9.59 Å². The fraction of sp³-hybridized carbons (Fsp3) is 0.529. The largest absolute Gasteiger partial charge is 0.362 e. The van der Waals surface area contributed by atoms with E-state index in [0.717, 1.165) is 12.8 Å². The zero-order valence-corrected chi connectivity index (χ0v) is 13.1. The summed E-state index contributed by atoms with van der Waals surface area (Å²) in [6, 6.07) is 5.98. The maximum Gasteiger partial charge on any atom is 0.254 e. The highest BCUT2D eigenvalue weighted by atomic mass is 16.5. The zero-order chi connectivity index (χ0) is 15.7. The minimum Gasteiger partial charge on any atom is -0.362 e. The SMILES string of the molecule is CNC(=O)C1(C)CN(C(=O)c2ccc3c(c2)CCC3)CCO1. The Balaban J connectivity index is 1.78. The fourth-order valence-electron chi connectivity index (χ4n) is 3.33. The standard InChI is InChI=1S/C17H22N2O3/c1-17(16(21)18-2)11-19(8-9-22-17)15(20)14-7-6-12-4-3-5-13(12)10-14/h6-7,10H,3-5,8-9,11H2,1-2H3,(H,18,21). The molecule has 1 aromatic rings. The molecule has 0 spiro atoms. The van der Waals surface area contributed by atoms with E-state index < -0.39 is 5.60 Å². The van der Waals surface area contributed by atoms with Crippen LogP contribution < -0.4 is 5.32 Å². The van der Waals surface area contributed by atoms with Crippen LogP contribution >= 0.6 is 0 Å². The van der Waals surface area contributed by atoms with Crippen LogP contribution in [0, 0.1) is 0 Å². The minimum atomic E-state index is -0.973. The molecule has 0 aromatic heterocycles. The first-order chi connectivity index (χ1) is 10.5. The zero-order valence-electron chi connectivity index (χ0n) is 13.1. The van der Waals surface area contributed by atoms with Gasteiger partial charge in [-0.25, -0.2) is 0 Å².